The zero-order valence-corrected chi connectivity index (χ0v) is 11.4. The van der Waals surface area contributed by atoms with Crippen LogP contribution in [0.1, 0.15) is 23.7 Å². The molecule has 0 spiro atoms. The fraction of sp³-hybridized carbons (Fsp3) is 0.200. The van der Waals surface area contributed by atoms with Crippen LogP contribution in [0.3, 0.4) is 0 Å². The summed E-state index contributed by atoms with van der Waals surface area (Å²) in [5, 5.41) is 9.06. The number of ether oxygens (including phenoxy) is 2. The third-order valence-corrected chi connectivity index (χ3v) is 2.59. The van der Waals surface area contributed by atoms with Crippen molar-refractivity contribution in [3.05, 3.63) is 47.9 Å². The molecule has 0 atom stereocenters. The van der Waals surface area contributed by atoms with Crippen LogP contribution in [0.15, 0.2) is 36.5 Å². The van der Waals surface area contributed by atoms with E-state index in [0.29, 0.717) is 12.4 Å². The number of hydrogen-bond donors (Lipinski definition) is 1. The maximum Gasteiger partial charge on any atom is 0.342 e. The Labute approximate surface area is 121 Å². The summed E-state index contributed by atoms with van der Waals surface area (Å²) in [6.07, 6.45) is 2.28. The molecule has 0 radical (unpaired) electrons. The van der Waals surface area contributed by atoms with Crippen molar-refractivity contribution in [1.29, 1.82) is 0 Å². The Hall–Kier alpha value is -2.63. The molecule has 1 aromatic carbocycles. The molecule has 0 unspecified atom stereocenters. The van der Waals surface area contributed by atoms with Crippen LogP contribution in [0.25, 0.3) is 0 Å². The Morgan fingerprint density at radius 2 is 2.05 bits per heavy atom. The Morgan fingerprint density at radius 3 is 2.76 bits per heavy atom. The van der Waals surface area contributed by atoms with Gasteiger partial charge in [0, 0.05) is 6.20 Å². The van der Waals surface area contributed by atoms with Crippen LogP contribution in [-0.2, 0) is 0 Å². The number of carboxylic acids is 1. The molecular formula is C15H14FNO4. The zero-order valence-electron chi connectivity index (χ0n) is 11.4. The van der Waals surface area contributed by atoms with Gasteiger partial charge in [-0.05, 0) is 30.7 Å². The van der Waals surface area contributed by atoms with Gasteiger partial charge < -0.3 is 14.6 Å². The van der Waals surface area contributed by atoms with Crippen molar-refractivity contribution < 1.29 is 23.8 Å². The summed E-state index contributed by atoms with van der Waals surface area (Å²) in [6, 6.07) is 7.11. The highest BCUT2D eigenvalue weighted by Crippen LogP contribution is 2.31. The summed E-state index contributed by atoms with van der Waals surface area (Å²) in [4.78, 5) is 15.1. The van der Waals surface area contributed by atoms with Gasteiger partial charge in [-0.2, -0.15) is 0 Å². The van der Waals surface area contributed by atoms with E-state index in [9.17, 15) is 9.18 Å². The SMILES string of the molecule is CCCOc1cccnc1Oc1cccc(F)c1C(=O)O. The molecule has 2 aromatic rings. The lowest BCUT2D eigenvalue weighted by Crippen LogP contribution is -2.05. The molecule has 1 heterocycles. The number of rotatable bonds is 6. The molecule has 1 N–H and O–H groups in total. The standard InChI is InChI=1S/C15H14FNO4/c1-2-9-20-12-7-4-8-17-14(12)21-11-6-3-5-10(16)13(11)15(18)19/h3-8H,2,9H2,1H3,(H,18,19). The summed E-state index contributed by atoms with van der Waals surface area (Å²) in [5.74, 6) is -1.93. The molecule has 2 rings (SSSR count). The number of benzene rings is 1. The minimum atomic E-state index is -1.41. The van der Waals surface area contributed by atoms with Crippen LogP contribution in [0, 0.1) is 5.82 Å². The lowest BCUT2D eigenvalue weighted by atomic mass is 10.2. The van der Waals surface area contributed by atoms with E-state index < -0.39 is 17.3 Å². The quantitative estimate of drug-likeness (QED) is 0.882. The highest BCUT2D eigenvalue weighted by Gasteiger charge is 2.19. The number of aromatic carboxylic acids is 1. The Kier molecular flexibility index (Phi) is 4.71. The molecule has 0 amide bonds. The fourth-order valence-electron chi connectivity index (χ4n) is 1.68. The second-order valence-corrected chi connectivity index (χ2v) is 4.18. The average molecular weight is 291 g/mol. The van der Waals surface area contributed by atoms with Gasteiger partial charge in [0.05, 0.1) is 6.61 Å². The predicted molar refractivity (Wildman–Crippen MR) is 73.5 cm³/mol. The van der Waals surface area contributed by atoms with Crippen LogP contribution in [-0.4, -0.2) is 22.7 Å². The van der Waals surface area contributed by atoms with Crippen LogP contribution in [0.4, 0.5) is 4.39 Å². The van der Waals surface area contributed by atoms with Crippen molar-refractivity contribution in [2.75, 3.05) is 6.61 Å². The van der Waals surface area contributed by atoms with Crippen molar-refractivity contribution >= 4 is 5.97 Å². The molecule has 1 aromatic heterocycles. The van der Waals surface area contributed by atoms with Gasteiger partial charge in [0.15, 0.2) is 5.75 Å². The van der Waals surface area contributed by atoms with Crippen LogP contribution >= 0.6 is 0 Å². The number of carbonyl (C=O) groups is 1. The van der Waals surface area contributed by atoms with Crippen LogP contribution in [0.2, 0.25) is 0 Å². The van der Waals surface area contributed by atoms with Gasteiger partial charge >= 0.3 is 5.97 Å². The summed E-state index contributed by atoms with van der Waals surface area (Å²) in [6.45, 7) is 2.42. The molecule has 0 fully saturated rings. The summed E-state index contributed by atoms with van der Waals surface area (Å²) in [7, 11) is 0. The second-order valence-electron chi connectivity index (χ2n) is 4.18. The predicted octanol–water partition coefficient (Wildman–Crippen LogP) is 3.50. The van der Waals surface area contributed by atoms with Crippen molar-refractivity contribution in [1.82, 2.24) is 4.98 Å². The van der Waals surface area contributed by atoms with Gasteiger partial charge in [-0.15, -0.1) is 0 Å². The number of nitrogens with zero attached hydrogens (tertiary/aromatic N) is 1. The number of pyridine rings is 1. The van der Waals surface area contributed by atoms with Crippen molar-refractivity contribution in [3.8, 4) is 17.4 Å². The number of carboxylic acid groups (broad SMARTS) is 1. The third kappa shape index (κ3) is 3.47. The molecular weight excluding hydrogens is 277 g/mol. The van der Waals surface area contributed by atoms with Gasteiger partial charge in [-0.3, -0.25) is 0 Å². The van der Waals surface area contributed by atoms with E-state index in [1.165, 1.54) is 18.3 Å². The van der Waals surface area contributed by atoms with Gasteiger partial charge in [0.2, 0.25) is 0 Å². The van der Waals surface area contributed by atoms with E-state index in [1.807, 2.05) is 6.92 Å². The van der Waals surface area contributed by atoms with E-state index in [2.05, 4.69) is 4.98 Å². The lowest BCUT2D eigenvalue weighted by molar-refractivity contribution is 0.0688. The molecule has 0 aliphatic carbocycles. The number of halogens is 1. The molecule has 0 aliphatic heterocycles. The smallest absolute Gasteiger partial charge is 0.342 e. The van der Waals surface area contributed by atoms with Crippen molar-refractivity contribution in [2.24, 2.45) is 0 Å². The van der Waals surface area contributed by atoms with Crippen molar-refractivity contribution in [3.63, 3.8) is 0 Å². The highest BCUT2D eigenvalue weighted by atomic mass is 19.1. The van der Waals surface area contributed by atoms with Crippen LogP contribution < -0.4 is 9.47 Å². The molecule has 5 nitrogen and oxygen atoms in total. The molecule has 0 saturated heterocycles. The molecule has 21 heavy (non-hydrogen) atoms. The number of aromatic nitrogens is 1. The van der Waals surface area contributed by atoms with Gasteiger partial charge in [-0.25, -0.2) is 14.2 Å². The number of hydrogen-bond acceptors (Lipinski definition) is 4. The van der Waals surface area contributed by atoms with Crippen molar-refractivity contribution in [2.45, 2.75) is 13.3 Å². The monoisotopic (exact) mass is 291 g/mol. The van der Waals surface area contributed by atoms with E-state index in [0.717, 1.165) is 12.5 Å². The first-order chi connectivity index (χ1) is 10.1. The average Bonchev–Trinajstić information content (AvgIpc) is 2.46. The first-order valence-electron chi connectivity index (χ1n) is 6.41. The Morgan fingerprint density at radius 1 is 1.29 bits per heavy atom. The largest absolute Gasteiger partial charge is 0.488 e. The molecule has 110 valence electrons. The maximum absolute atomic E-state index is 13.6. The maximum atomic E-state index is 13.6. The Bertz CT molecular complexity index is 645. The zero-order chi connectivity index (χ0) is 15.2. The van der Waals surface area contributed by atoms with Gasteiger partial charge in [0.25, 0.3) is 5.88 Å². The lowest BCUT2D eigenvalue weighted by Gasteiger charge is -2.12. The fourth-order valence-corrected chi connectivity index (χ4v) is 1.68. The van der Waals surface area contributed by atoms with E-state index in [-0.39, 0.29) is 11.6 Å². The molecule has 6 heteroatoms. The van der Waals surface area contributed by atoms with E-state index in [4.69, 9.17) is 14.6 Å². The van der Waals surface area contributed by atoms with Crippen LogP contribution in [0.5, 0.6) is 17.4 Å². The minimum Gasteiger partial charge on any atom is -0.488 e. The topological polar surface area (TPSA) is 68.7 Å². The van der Waals surface area contributed by atoms with E-state index >= 15 is 0 Å². The first-order valence-corrected chi connectivity index (χ1v) is 6.41. The summed E-state index contributed by atoms with van der Waals surface area (Å²) in [5.41, 5.74) is -0.537. The summed E-state index contributed by atoms with van der Waals surface area (Å²) < 4.78 is 24.5. The molecule has 0 bridgehead atoms. The van der Waals surface area contributed by atoms with Gasteiger partial charge in [0.1, 0.15) is 17.1 Å². The minimum absolute atomic E-state index is 0.0963. The molecule has 0 aliphatic rings. The third-order valence-electron chi connectivity index (χ3n) is 2.59. The normalized spacial score (nSPS) is 10.2. The Balaban J connectivity index is 2.35. The highest BCUT2D eigenvalue weighted by molar-refractivity contribution is 5.91. The van der Waals surface area contributed by atoms with E-state index in [1.54, 1.807) is 12.1 Å². The van der Waals surface area contributed by atoms with Gasteiger partial charge in [-0.1, -0.05) is 13.0 Å². The first kappa shape index (κ1) is 14.8. The molecule has 0 saturated carbocycles. The second kappa shape index (κ2) is 6.69. The summed E-state index contributed by atoms with van der Waals surface area (Å²) >= 11 is 0.